The molecule has 0 saturated heterocycles. The maximum Gasteiger partial charge on any atom is 0.0973 e. The highest BCUT2D eigenvalue weighted by Crippen LogP contribution is 2.39. The lowest BCUT2D eigenvalue weighted by Crippen LogP contribution is -1.96. The van der Waals surface area contributed by atoms with Gasteiger partial charge in [0, 0.05) is 44.0 Å². The third-order valence-corrected chi connectivity index (χ3v) is 12.4. The van der Waals surface area contributed by atoms with E-state index in [-0.39, 0.29) is 0 Å². The molecule has 0 saturated carbocycles. The van der Waals surface area contributed by atoms with Crippen molar-refractivity contribution in [3.8, 4) is 56.1 Å². The molecule has 0 bridgehead atoms. The van der Waals surface area contributed by atoms with E-state index in [1.807, 2.05) is 24.3 Å². The second-order valence-electron chi connectivity index (χ2n) is 16.4. The number of nitrogens with zero attached hydrogens (tertiary/aromatic N) is 4. The number of hydrogen-bond acceptors (Lipinski definition) is 2. The highest BCUT2D eigenvalue weighted by molar-refractivity contribution is 6.11. The van der Waals surface area contributed by atoms with Gasteiger partial charge in [-0.15, -0.1) is 0 Å². The molecule has 12 rings (SSSR count). The fourth-order valence-electron chi connectivity index (χ4n) is 9.44. The van der Waals surface area contributed by atoms with E-state index in [0.717, 1.165) is 44.7 Å². The standard InChI is InChI=1S/C58H40N4/c1-37-11-9-13-45(33-37)61-53-19-7-3-15-47(53)49-35-43(29-31-55(49)61)39-21-25-41(26-22-39)57-58(60-52-18-6-5-17-51(52)59-57)42-27-23-40(24-28-42)44-30-32-56-50(36-44)48-16-4-8-20-54(48)62(56)46-14-10-12-38(2)34-46/h3-36H,1-2H3. The molecule has 3 heterocycles. The summed E-state index contributed by atoms with van der Waals surface area (Å²) >= 11 is 0. The van der Waals surface area contributed by atoms with Crippen LogP contribution < -0.4 is 0 Å². The van der Waals surface area contributed by atoms with Crippen molar-refractivity contribution in [2.24, 2.45) is 0 Å². The van der Waals surface area contributed by atoms with E-state index < -0.39 is 0 Å². The minimum Gasteiger partial charge on any atom is -0.309 e. The largest absolute Gasteiger partial charge is 0.309 e. The number of aryl methyl sites for hydroxylation is 2. The SMILES string of the molecule is Cc1cccc(-n2c3ccccc3c3cc(-c4ccc(-c5nc6ccccc6nc5-c5ccc(-c6ccc7c(c6)c6ccccc6n7-c6cccc(C)c6)cc5)cc4)ccc32)c1. The molecule has 4 nitrogen and oxygen atoms in total. The van der Waals surface area contributed by atoms with E-state index in [4.69, 9.17) is 9.97 Å². The number of benzene rings is 9. The molecule has 0 radical (unpaired) electrons. The van der Waals surface area contributed by atoms with Gasteiger partial charge in [0.15, 0.2) is 0 Å². The number of hydrogen-bond donors (Lipinski definition) is 0. The van der Waals surface area contributed by atoms with Gasteiger partial charge in [0.2, 0.25) is 0 Å². The fraction of sp³-hybridized carbons (Fsp3) is 0.0345. The Morgan fingerprint density at radius 1 is 0.290 bits per heavy atom. The summed E-state index contributed by atoms with van der Waals surface area (Å²) in [4.78, 5) is 10.5. The number of para-hydroxylation sites is 4. The molecule has 0 N–H and O–H groups in total. The van der Waals surface area contributed by atoms with Gasteiger partial charge in [-0.25, -0.2) is 9.97 Å². The third-order valence-electron chi connectivity index (χ3n) is 12.4. The van der Waals surface area contributed by atoms with Gasteiger partial charge in [-0.2, -0.15) is 0 Å². The summed E-state index contributed by atoms with van der Waals surface area (Å²) in [6.07, 6.45) is 0. The smallest absolute Gasteiger partial charge is 0.0973 e. The van der Waals surface area contributed by atoms with Crippen LogP contribution in [-0.2, 0) is 0 Å². The Balaban J connectivity index is 0.910. The van der Waals surface area contributed by atoms with Crippen LogP contribution in [0.5, 0.6) is 0 Å². The Morgan fingerprint density at radius 2 is 0.661 bits per heavy atom. The summed E-state index contributed by atoms with van der Waals surface area (Å²) in [5.41, 5.74) is 19.9. The Bertz CT molecular complexity index is 3460. The highest BCUT2D eigenvalue weighted by atomic mass is 15.0. The van der Waals surface area contributed by atoms with Gasteiger partial charge < -0.3 is 9.13 Å². The van der Waals surface area contributed by atoms with Crippen molar-refractivity contribution in [2.45, 2.75) is 13.8 Å². The van der Waals surface area contributed by atoms with E-state index in [1.165, 1.54) is 77.2 Å². The van der Waals surface area contributed by atoms with Crippen molar-refractivity contribution in [3.63, 3.8) is 0 Å². The molecule has 12 aromatic rings. The lowest BCUT2D eigenvalue weighted by atomic mass is 9.97. The molecule has 0 fully saturated rings. The lowest BCUT2D eigenvalue weighted by molar-refractivity contribution is 1.17. The van der Waals surface area contributed by atoms with E-state index in [2.05, 4.69) is 205 Å². The Hall–Kier alpha value is -8.08. The summed E-state index contributed by atoms with van der Waals surface area (Å²) in [6.45, 7) is 4.30. The molecule has 0 aliphatic heterocycles. The summed E-state index contributed by atoms with van der Waals surface area (Å²) in [5.74, 6) is 0. The fourth-order valence-corrected chi connectivity index (χ4v) is 9.44. The molecule has 3 aromatic heterocycles. The van der Waals surface area contributed by atoms with Crippen LogP contribution in [0.1, 0.15) is 11.1 Å². The van der Waals surface area contributed by atoms with Crippen LogP contribution in [0.3, 0.4) is 0 Å². The van der Waals surface area contributed by atoms with Crippen LogP contribution >= 0.6 is 0 Å². The van der Waals surface area contributed by atoms with Crippen LogP contribution in [0.25, 0.3) is 111 Å². The normalized spacial score (nSPS) is 11.7. The molecule has 62 heavy (non-hydrogen) atoms. The third kappa shape index (κ3) is 5.91. The van der Waals surface area contributed by atoms with Gasteiger partial charge in [-0.05, 0) is 120 Å². The molecular weight excluding hydrogens is 753 g/mol. The van der Waals surface area contributed by atoms with Crippen molar-refractivity contribution < 1.29 is 0 Å². The van der Waals surface area contributed by atoms with E-state index in [0.29, 0.717) is 0 Å². The lowest BCUT2D eigenvalue weighted by Gasteiger charge is -2.12. The molecule has 0 atom stereocenters. The zero-order valence-corrected chi connectivity index (χ0v) is 34.4. The van der Waals surface area contributed by atoms with Gasteiger partial charge in [0.25, 0.3) is 0 Å². The molecule has 0 amide bonds. The van der Waals surface area contributed by atoms with Crippen LogP contribution in [0.4, 0.5) is 0 Å². The second kappa shape index (κ2) is 14.3. The minimum atomic E-state index is 0.866. The maximum atomic E-state index is 5.25. The molecule has 9 aromatic carbocycles. The van der Waals surface area contributed by atoms with Crippen molar-refractivity contribution in [3.05, 3.63) is 217 Å². The van der Waals surface area contributed by atoms with Crippen molar-refractivity contribution >= 4 is 54.6 Å². The van der Waals surface area contributed by atoms with E-state index in [1.54, 1.807) is 0 Å². The summed E-state index contributed by atoms with van der Waals surface area (Å²) < 4.78 is 4.75. The van der Waals surface area contributed by atoms with Crippen LogP contribution in [0.15, 0.2) is 206 Å². The number of rotatable bonds is 6. The van der Waals surface area contributed by atoms with Crippen molar-refractivity contribution in [1.29, 1.82) is 0 Å². The molecular formula is C58H40N4. The van der Waals surface area contributed by atoms with Crippen LogP contribution in [0, 0.1) is 13.8 Å². The second-order valence-corrected chi connectivity index (χ2v) is 16.4. The topological polar surface area (TPSA) is 35.6 Å². The molecule has 292 valence electrons. The van der Waals surface area contributed by atoms with Crippen molar-refractivity contribution in [2.75, 3.05) is 0 Å². The highest BCUT2D eigenvalue weighted by Gasteiger charge is 2.18. The van der Waals surface area contributed by atoms with E-state index in [9.17, 15) is 0 Å². The predicted octanol–water partition coefficient (Wildman–Crippen LogP) is 15.1. The first-order chi connectivity index (χ1) is 30.5. The Labute approximate surface area is 359 Å². The average Bonchev–Trinajstić information content (AvgIpc) is 3.83. The van der Waals surface area contributed by atoms with E-state index >= 15 is 0 Å². The zero-order valence-electron chi connectivity index (χ0n) is 34.4. The van der Waals surface area contributed by atoms with Gasteiger partial charge in [0.1, 0.15) is 0 Å². The molecule has 4 heteroatoms. The van der Waals surface area contributed by atoms with Crippen molar-refractivity contribution in [1.82, 2.24) is 19.1 Å². The maximum absolute atomic E-state index is 5.25. The summed E-state index contributed by atoms with van der Waals surface area (Å²) in [7, 11) is 0. The Morgan fingerprint density at radius 3 is 1.10 bits per heavy atom. The number of aromatic nitrogens is 4. The molecule has 0 spiro atoms. The van der Waals surface area contributed by atoms with Gasteiger partial charge in [-0.3, -0.25) is 0 Å². The van der Waals surface area contributed by atoms with Crippen LogP contribution in [-0.4, -0.2) is 19.1 Å². The molecule has 0 aliphatic rings. The first-order valence-electron chi connectivity index (χ1n) is 21.2. The monoisotopic (exact) mass is 792 g/mol. The van der Waals surface area contributed by atoms with Gasteiger partial charge >= 0.3 is 0 Å². The number of fused-ring (bicyclic) bond motifs is 7. The molecule has 0 aliphatic carbocycles. The average molecular weight is 793 g/mol. The molecule has 0 unspecified atom stereocenters. The quantitative estimate of drug-likeness (QED) is 0.168. The zero-order chi connectivity index (χ0) is 41.3. The summed E-state index contributed by atoms with van der Waals surface area (Å²) in [6, 6.07) is 74.3. The Kier molecular flexibility index (Phi) is 8.26. The van der Waals surface area contributed by atoms with Gasteiger partial charge in [-0.1, -0.05) is 133 Å². The predicted molar refractivity (Wildman–Crippen MR) is 259 cm³/mol. The van der Waals surface area contributed by atoms with Gasteiger partial charge in [0.05, 0.1) is 44.5 Å². The van der Waals surface area contributed by atoms with Crippen LogP contribution in [0.2, 0.25) is 0 Å². The summed E-state index contributed by atoms with van der Waals surface area (Å²) in [5, 5.41) is 4.97. The first kappa shape index (κ1) is 35.8. The minimum absolute atomic E-state index is 0.866. The first-order valence-corrected chi connectivity index (χ1v) is 21.2.